The van der Waals surface area contributed by atoms with Gasteiger partial charge in [0.15, 0.2) is 0 Å². The second-order valence-electron chi connectivity index (χ2n) is 6.31. The van der Waals surface area contributed by atoms with E-state index >= 15 is 0 Å². The van der Waals surface area contributed by atoms with Crippen LogP contribution in [0.25, 0.3) is 11.1 Å². The van der Waals surface area contributed by atoms with Crippen molar-refractivity contribution in [3.8, 4) is 28.4 Å². The Morgan fingerprint density at radius 3 is 2.07 bits per heavy atom. The van der Waals surface area contributed by atoms with Crippen LogP contribution in [0.4, 0.5) is 18.9 Å². The molecule has 8 heteroatoms. The Labute approximate surface area is 163 Å². The van der Waals surface area contributed by atoms with Gasteiger partial charge in [-0.15, -0.1) is 0 Å². The van der Waals surface area contributed by atoms with Crippen molar-refractivity contribution in [2.45, 2.75) is 12.6 Å². The van der Waals surface area contributed by atoms with E-state index < -0.39 is 29.1 Å². The van der Waals surface area contributed by atoms with Gasteiger partial charge in [0, 0.05) is 23.4 Å². The number of rotatable bonds is 4. The molecule has 0 saturated carbocycles. The lowest BCUT2D eigenvalue weighted by molar-refractivity contribution is -0.137. The van der Waals surface area contributed by atoms with Gasteiger partial charge in [0.05, 0.1) is 12.0 Å². The van der Waals surface area contributed by atoms with E-state index in [4.69, 9.17) is 0 Å². The van der Waals surface area contributed by atoms with Crippen LogP contribution in [0.15, 0.2) is 60.7 Å². The van der Waals surface area contributed by atoms with Crippen molar-refractivity contribution in [2.24, 2.45) is 0 Å². The molecule has 1 amide bonds. The van der Waals surface area contributed by atoms with Gasteiger partial charge >= 0.3 is 6.18 Å². The highest BCUT2D eigenvalue weighted by molar-refractivity contribution is 5.93. The van der Waals surface area contributed by atoms with Gasteiger partial charge < -0.3 is 20.6 Å². The van der Waals surface area contributed by atoms with Gasteiger partial charge in [-0.3, -0.25) is 4.79 Å². The molecule has 4 N–H and O–H groups in total. The molecule has 3 aromatic carbocycles. The number of nitrogens with one attached hydrogen (secondary N) is 1. The average Bonchev–Trinajstić information content (AvgIpc) is 2.64. The van der Waals surface area contributed by atoms with Crippen LogP contribution in [-0.4, -0.2) is 21.2 Å². The number of hydrogen-bond acceptors (Lipinski definition) is 4. The lowest BCUT2D eigenvalue weighted by Crippen LogP contribution is -2.14. The van der Waals surface area contributed by atoms with E-state index in [1.165, 1.54) is 42.5 Å². The summed E-state index contributed by atoms with van der Waals surface area (Å²) in [5.74, 6) is -1.78. The molecule has 0 fully saturated rings. The maximum Gasteiger partial charge on any atom is 0.417 e. The number of aromatic hydroxyl groups is 3. The molecule has 0 aliphatic rings. The Hall–Kier alpha value is -3.68. The Kier molecular flexibility index (Phi) is 5.36. The van der Waals surface area contributed by atoms with E-state index in [2.05, 4.69) is 5.32 Å². The summed E-state index contributed by atoms with van der Waals surface area (Å²) in [5.41, 5.74) is -0.117. The first-order valence-corrected chi connectivity index (χ1v) is 8.45. The van der Waals surface area contributed by atoms with Crippen molar-refractivity contribution in [3.05, 3.63) is 71.8 Å². The fourth-order valence-corrected chi connectivity index (χ4v) is 2.89. The third kappa shape index (κ3) is 4.60. The van der Waals surface area contributed by atoms with Gasteiger partial charge in [0.2, 0.25) is 5.91 Å². The fourth-order valence-electron chi connectivity index (χ4n) is 2.89. The first-order valence-electron chi connectivity index (χ1n) is 8.45. The summed E-state index contributed by atoms with van der Waals surface area (Å²) in [6, 6.07) is 13.0. The second-order valence-corrected chi connectivity index (χ2v) is 6.31. The molecular weight excluding hydrogens is 387 g/mol. The number of carbonyl (C=O) groups is 1. The maximum atomic E-state index is 13.2. The molecule has 5 nitrogen and oxygen atoms in total. The van der Waals surface area contributed by atoms with Crippen LogP contribution in [0.2, 0.25) is 0 Å². The predicted octanol–water partition coefficient (Wildman–Crippen LogP) is 4.67. The summed E-state index contributed by atoms with van der Waals surface area (Å²) in [4.78, 5) is 12.2. The minimum absolute atomic E-state index is 0.0248. The summed E-state index contributed by atoms with van der Waals surface area (Å²) >= 11 is 0. The van der Waals surface area contributed by atoms with Crippen molar-refractivity contribution in [1.29, 1.82) is 0 Å². The van der Waals surface area contributed by atoms with E-state index in [0.717, 1.165) is 18.2 Å². The van der Waals surface area contributed by atoms with E-state index in [1.54, 1.807) is 0 Å². The molecule has 0 saturated heterocycles. The molecule has 0 bridgehead atoms. The van der Waals surface area contributed by atoms with Crippen molar-refractivity contribution in [3.63, 3.8) is 0 Å². The highest BCUT2D eigenvalue weighted by Gasteiger charge is 2.33. The summed E-state index contributed by atoms with van der Waals surface area (Å²) < 4.78 is 39.5. The first-order chi connectivity index (χ1) is 13.6. The van der Waals surface area contributed by atoms with Crippen LogP contribution in [0.1, 0.15) is 11.1 Å². The van der Waals surface area contributed by atoms with Crippen LogP contribution in [0.3, 0.4) is 0 Å². The van der Waals surface area contributed by atoms with Gasteiger partial charge in [0.25, 0.3) is 0 Å². The Balaban J connectivity index is 1.76. The van der Waals surface area contributed by atoms with Gasteiger partial charge in [-0.1, -0.05) is 30.3 Å². The number of amides is 1. The van der Waals surface area contributed by atoms with E-state index in [0.29, 0.717) is 11.3 Å². The van der Waals surface area contributed by atoms with Crippen molar-refractivity contribution in [2.75, 3.05) is 5.32 Å². The number of hydrogen-bond donors (Lipinski definition) is 4. The van der Waals surface area contributed by atoms with Crippen LogP contribution in [-0.2, 0) is 17.4 Å². The Bertz CT molecular complexity index is 1020. The highest BCUT2D eigenvalue weighted by Crippen LogP contribution is 2.37. The fraction of sp³-hybridized carbons (Fsp3) is 0.0952. The average molecular weight is 403 g/mol. The molecule has 0 radical (unpaired) electrons. The molecule has 0 aliphatic heterocycles. The van der Waals surface area contributed by atoms with E-state index in [-0.39, 0.29) is 23.3 Å². The molecule has 3 rings (SSSR count). The molecule has 0 unspecified atom stereocenters. The summed E-state index contributed by atoms with van der Waals surface area (Å²) in [7, 11) is 0. The third-order valence-electron chi connectivity index (χ3n) is 4.24. The van der Waals surface area contributed by atoms with Crippen molar-refractivity contribution in [1.82, 2.24) is 0 Å². The Morgan fingerprint density at radius 2 is 1.48 bits per heavy atom. The van der Waals surface area contributed by atoms with Crippen LogP contribution < -0.4 is 5.32 Å². The number of phenolic OH excluding ortho intramolecular Hbond substituents is 3. The van der Waals surface area contributed by atoms with Crippen LogP contribution >= 0.6 is 0 Å². The summed E-state index contributed by atoms with van der Waals surface area (Å²) in [5, 5.41) is 31.3. The van der Waals surface area contributed by atoms with Crippen LogP contribution in [0.5, 0.6) is 17.2 Å². The van der Waals surface area contributed by atoms with Crippen LogP contribution in [0, 0.1) is 0 Å². The first kappa shape index (κ1) is 20.1. The normalized spacial score (nSPS) is 11.3. The number of phenols is 3. The minimum Gasteiger partial charge on any atom is -0.508 e. The molecule has 0 spiro atoms. The molecular formula is C21H16F3NO4. The molecule has 0 atom stereocenters. The minimum atomic E-state index is -4.49. The summed E-state index contributed by atoms with van der Waals surface area (Å²) in [6.07, 6.45) is -4.85. The lowest BCUT2D eigenvalue weighted by atomic mass is 9.99. The number of carbonyl (C=O) groups excluding carboxylic acids is 1. The zero-order valence-corrected chi connectivity index (χ0v) is 14.9. The molecule has 0 heterocycles. The smallest absolute Gasteiger partial charge is 0.417 e. The van der Waals surface area contributed by atoms with E-state index in [9.17, 15) is 33.3 Å². The zero-order valence-electron chi connectivity index (χ0n) is 14.9. The molecule has 150 valence electrons. The van der Waals surface area contributed by atoms with Crippen molar-refractivity contribution < 1.29 is 33.3 Å². The highest BCUT2D eigenvalue weighted by atomic mass is 19.4. The number of anilines is 1. The summed E-state index contributed by atoms with van der Waals surface area (Å²) in [6.45, 7) is 0. The van der Waals surface area contributed by atoms with Crippen molar-refractivity contribution >= 4 is 11.6 Å². The molecule has 3 aromatic rings. The van der Waals surface area contributed by atoms with E-state index in [1.807, 2.05) is 0 Å². The topological polar surface area (TPSA) is 89.8 Å². The second kappa shape index (κ2) is 7.75. The van der Waals surface area contributed by atoms with Gasteiger partial charge in [-0.2, -0.15) is 13.2 Å². The monoisotopic (exact) mass is 403 g/mol. The zero-order chi connectivity index (χ0) is 21.2. The quantitative estimate of drug-likeness (QED) is 0.510. The number of alkyl halides is 3. The predicted molar refractivity (Wildman–Crippen MR) is 101 cm³/mol. The van der Waals surface area contributed by atoms with Gasteiger partial charge in [-0.05, 0) is 29.3 Å². The molecule has 0 aromatic heterocycles. The molecule has 29 heavy (non-hydrogen) atoms. The maximum absolute atomic E-state index is 13.2. The van der Waals surface area contributed by atoms with Gasteiger partial charge in [0.1, 0.15) is 17.2 Å². The molecule has 0 aliphatic carbocycles. The number of halogens is 3. The largest absolute Gasteiger partial charge is 0.508 e. The number of benzene rings is 3. The standard InChI is InChI=1S/C21H16F3NO4/c22-21(23,24)17-4-2-1-3-15(17)12-5-7-13(8-6-12)25-20(29)11-16-18(27)9-14(26)10-19(16)28/h1-10,26-28H,11H2,(H,25,29). The Morgan fingerprint density at radius 1 is 0.897 bits per heavy atom. The lowest BCUT2D eigenvalue weighted by Gasteiger charge is -2.13. The van der Waals surface area contributed by atoms with Gasteiger partial charge in [-0.25, -0.2) is 0 Å². The third-order valence-corrected chi connectivity index (χ3v) is 4.24. The SMILES string of the molecule is O=C(Cc1c(O)cc(O)cc1O)Nc1ccc(-c2ccccc2C(F)(F)F)cc1.